The fourth-order valence-corrected chi connectivity index (χ4v) is 1.88. The molecule has 0 radical (unpaired) electrons. The Bertz CT molecular complexity index is 612. The van der Waals surface area contributed by atoms with Gasteiger partial charge in [0.15, 0.2) is 0 Å². The van der Waals surface area contributed by atoms with Crippen molar-refractivity contribution in [3.05, 3.63) is 40.4 Å². The summed E-state index contributed by atoms with van der Waals surface area (Å²) in [5.41, 5.74) is 1.11. The van der Waals surface area contributed by atoms with Gasteiger partial charge in [-0.1, -0.05) is 16.8 Å². The lowest BCUT2D eigenvalue weighted by atomic mass is 10.2. The van der Waals surface area contributed by atoms with Crippen LogP contribution in [0, 0.1) is 6.92 Å². The average Bonchev–Trinajstić information content (AvgIpc) is 2.81. The number of amides is 1. The Morgan fingerprint density at radius 2 is 2.20 bits per heavy atom. The normalized spacial score (nSPS) is 10.3. The first-order valence-corrected chi connectivity index (χ1v) is 6.58. The van der Waals surface area contributed by atoms with Crippen molar-refractivity contribution in [1.29, 1.82) is 0 Å². The lowest BCUT2D eigenvalue weighted by Gasteiger charge is -2.07. The van der Waals surface area contributed by atoms with Crippen LogP contribution in [-0.4, -0.2) is 22.6 Å². The highest BCUT2D eigenvalue weighted by Crippen LogP contribution is 2.14. The minimum Gasteiger partial charge on any atom is -0.370 e. The van der Waals surface area contributed by atoms with E-state index in [2.05, 4.69) is 20.8 Å². The Morgan fingerprint density at radius 3 is 2.85 bits per heavy atom. The topological polar surface area (TPSA) is 80.0 Å². The fourth-order valence-electron chi connectivity index (χ4n) is 1.67. The second-order valence-electron chi connectivity index (χ2n) is 4.21. The highest BCUT2D eigenvalue weighted by atomic mass is 35.5. The van der Waals surface area contributed by atoms with E-state index in [0.717, 1.165) is 0 Å². The van der Waals surface area contributed by atoms with Gasteiger partial charge in [0.25, 0.3) is 5.91 Å². The maximum Gasteiger partial charge on any atom is 0.251 e. The molecule has 2 N–H and O–H groups in total. The van der Waals surface area contributed by atoms with Crippen molar-refractivity contribution < 1.29 is 9.32 Å². The van der Waals surface area contributed by atoms with E-state index in [9.17, 15) is 4.79 Å². The van der Waals surface area contributed by atoms with Crippen molar-refractivity contribution in [2.45, 2.75) is 20.4 Å². The van der Waals surface area contributed by atoms with Gasteiger partial charge in [-0.15, -0.1) is 0 Å². The molecule has 0 aliphatic carbocycles. The SMILES string of the molecule is CCNc1cc(C(=O)NCc2cc(C)on2)cc(Cl)n1. The van der Waals surface area contributed by atoms with E-state index >= 15 is 0 Å². The van der Waals surface area contributed by atoms with Gasteiger partial charge in [0.05, 0.1) is 6.54 Å². The predicted molar refractivity (Wildman–Crippen MR) is 75.8 cm³/mol. The van der Waals surface area contributed by atoms with Gasteiger partial charge in [-0.25, -0.2) is 4.98 Å². The van der Waals surface area contributed by atoms with Gasteiger partial charge in [-0.2, -0.15) is 0 Å². The van der Waals surface area contributed by atoms with Gasteiger partial charge in [0.1, 0.15) is 22.4 Å². The van der Waals surface area contributed by atoms with Crippen LogP contribution < -0.4 is 10.6 Å². The second kappa shape index (κ2) is 6.38. The number of pyridine rings is 1. The van der Waals surface area contributed by atoms with E-state index in [1.54, 1.807) is 19.1 Å². The Hall–Kier alpha value is -2.08. The van der Waals surface area contributed by atoms with Crippen molar-refractivity contribution in [3.63, 3.8) is 0 Å². The molecule has 106 valence electrons. The third-order valence-corrected chi connectivity index (χ3v) is 2.71. The molecule has 0 bridgehead atoms. The number of carbonyl (C=O) groups excluding carboxylic acids is 1. The minimum absolute atomic E-state index is 0.242. The predicted octanol–water partition coefficient (Wildman–Crippen LogP) is 2.39. The molecule has 2 aromatic heterocycles. The van der Waals surface area contributed by atoms with Crippen LogP contribution in [-0.2, 0) is 6.54 Å². The molecule has 0 atom stereocenters. The van der Waals surface area contributed by atoms with Crippen molar-refractivity contribution in [1.82, 2.24) is 15.5 Å². The van der Waals surface area contributed by atoms with Gasteiger partial charge >= 0.3 is 0 Å². The smallest absolute Gasteiger partial charge is 0.251 e. The molecule has 7 heteroatoms. The number of hydrogen-bond acceptors (Lipinski definition) is 5. The van der Waals surface area contributed by atoms with Gasteiger partial charge < -0.3 is 15.2 Å². The van der Waals surface area contributed by atoms with Gasteiger partial charge in [-0.05, 0) is 26.0 Å². The Morgan fingerprint density at radius 1 is 1.40 bits per heavy atom. The average molecular weight is 295 g/mol. The Labute approximate surface area is 121 Å². The molecule has 0 spiro atoms. The molecule has 0 unspecified atom stereocenters. The molecule has 1 amide bonds. The molecule has 0 aromatic carbocycles. The number of aryl methyl sites for hydroxylation is 1. The van der Waals surface area contributed by atoms with E-state index in [1.165, 1.54) is 6.07 Å². The summed E-state index contributed by atoms with van der Waals surface area (Å²) < 4.78 is 4.93. The zero-order chi connectivity index (χ0) is 14.5. The summed E-state index contributed by atoms with van der Waals surface area (Å²) in [5, 5.41) is 9.84. The lowest BCUT2D eigenvalue weighted by molar-refractivity contribution is 0.0950. The van der Waals surface area contributed by atoms with E-state index in [0.29, 0.717) is 35.9 Å². The third kappa shape index (κ3) is 3.71. The third-order valence-electron chi connectivity index (χ3n) is 2.52. The number of hydrogen-bond donors (Lipinski definition) is 2. The molecule has 0 saturated heterocycles. The molecule has 0 saturated carbocycles. The first-order chi connectivity index (χ1) is 9.58. The maximum atomic E-state index is 12.0. The van der Waals surface area contributed by atoms with Crippen molar-refractivity contribution in [2.24, 2.45) is 0 Å². The minimum atomic E-state index is -0.242. The zero-order valence-corrected chi connectivity index (χ0v) is 12.0. The van der Waals surface area contributed by atoms with Crippen LogP contribution in [0.15, 0.2) is 22.7 Å². The number of aromatic nitrogens is 2. The number of anilines is 1. The molecule has 0 fully saturated rings. The van der Waals surface area contributed by atoms with Crippen LogP contribution in [0.5, 0.6) is 0 Å². The van der Waals surface area contributed by atoms with E-state index in [1.807, 2.05) is 6.92 Å². The number of rotatable bonds is 5. The number of carbonyl (C=O) groups is 1. The van der Waals surface area contributed by atoms with Crippen LogP contribution in [0.3, 0.4) is 0 Å². The summed E-state index contributed by atoms with van der Waals surface area (Å²) >= 11 is 5.89. The molecule has 2 heterocycles. The largest absolute Gasteiger partial charge is 0.370 e. The quantitative estimate of drug-likeness (QED) is 0.828. The number of nitrogens with zero attached hydrogens (tertiary/aromatic N) is 2. The highest BCUT2D eigenvalue weighted by Gasteiger charge is 2.10. The molecular formula is C13H15ClN4O2. The van der Waals surface area contributed by atoms with Gasteiger partial charge in [0, 0.05) is 18.2 Å². The van der Waals surface area contributed by atoms with Crippen molar-refractivity contribution >= 4 is 23.3 Å². The Kier molecular flexibility index (Phi) is 4.57. The first kappa shape index (κ1) is 14.3. The molecule has 20 heavy (non-hydrogen) atoms. The molecule has 2 rings (SSSR count). The van der Waals surface area contributed by atoms with Crippen LogP contribution in [0.4, 0.5) is 5.82 Å². The van der Waals surface area contributed by atoms with Gasteiger partial charge in [0.2, 0.25) is 0 Å². The zero-order valence-electron chi connectivity index (χ0n) is 11.2. The van der Waals surface area contributed by atoms with Crippen LogP contribution >= 0.6 is 11.6 Å². The molecule has 0 aliphatic rings. The summed E-state index contributed by atoms with van der Waals surface area (Å²) in [6.45, 7) is 4.73. The van der Waals surface area contributed by atoms with E-state index < -0.39 is 0 Å². The van der Waals surface area contributed by atoms with Gasteiger partial charge in [-0.3, -0.25) is 4.79 Å². The lowest BCUT2D eigenvalue weighted by Crippen LogP contribution is -2.23. The molecule has 0 aliphatic heterocycles. The summed E-state index contributed by atoms with van der Waals surface area (Å²) in [7, 11) is 0. The second-order valence-corrected chi connectivity index (χ2v) is 4.59. The highest BCUT2D eigenvalue weighted by molar-refractivity contribution is 6.29. The van der Waals surface area contributed by atoms with Crippen molar-refractivity contribution in [3.8, 4) is 0 Å². The number of nitrogens with one attached hydrogen (secondary N) is 2. The summed E-state index contributed by atoms with van der Waals surface area (Å²) in [4.78, 5) is 16.1. The molecule has 6 nitrogen and oxygen atoms in total. The Balaban J connectivity index is 2.04. The van der Waals surface area contributed by atoms with Crippen LogP contribution in [0.25, 0.3) is 0 Å². The van der Waals surface area contributed by atoms with E-state index in [-0.39, 0.29) is 11.1 Å². The fraction of sp³-hybridized carbons (Fsp3) is 0.308. The monoisotopic (exact) mass is 294 g/mol. The standard InChI is InChI=1S/C13H15ClN4O2/c1-3-15-12-6-9(5-11(14)17-12)13(19)16-7-10-4-8(2)20-18-10/h4-6H,3,7H2,1-2H3,(H,15,17)(H,16,19). The summed E-state index contributed by atoms with van der Waals surface area (Å²) in [5.74, 6) is 1.03. The molecule has 2 aromatic rings. The maximum absolute atomic E-state index is 12.0. The van der Waals surface area contributed by atoms with Crippen molar-refractivity contribution in [2.75, 3.05) is 11.9 Å². The summed E-state index contributed by atoms with van der Waals surface area (Å²) in [6.07, 6.45) is 0. The number of halogens is 1. The molecular weight excluding hydrogens is 280 g/mol. The summed E-state index contributed by atoms with van der Waals surface area (Å²) in [6, 6.07) is 4.94. The van der Waals surface area contributed by atoms with Crippen LogP contribution in [0.2, 0.25) is 5.15 Å². The first-order valence-electron chi connectivity index (χ1n) is 6.20. The van der Waals surface area contributed by atoms with Crippen LogP contribution in [0.1, 0.15) is 28.7 Å². The van der Waals surface area contributed by atoms with E-state index in [4.69, 9.17) is 16.1 Å².